The van der Waals surface area contributed by atoms with Crippen LogP contribution in [0.5, 0.6) is 5.75 Å². The minimum atomic E-state index is 0.195. The van der Waals surface area contributed by atoms with Crippen molar-refractivity contribution in [2.24, 2.45) is 0 Å². The second-order valence-electron chi connectivity index (χ2n) is 5.73. The number of phenolic OH excluding ortho intramolecular Hbond substituents is 1. The van der Waals surface area contributed by atoms with Crippen LogP contribution < -0.4 is 0 Å². The molecule has 0 unspecified atom stereocenters. The van der Waals surface area contributed by atoms with E-state index < -0.39 is 0 Å². The first-order valence-electron chi connectivity index (χ1n) is 8.02. The molecule has 0 fully saturated rings. The van der Waals surface area contributed by atoms with E-state index in [0.717, 1.165) is 27.4 Å². The predicted octanol–water partition coefficient (Wildman–Crippen LogP) is 4.80. The Balaban J connectivity index is 1.77. The number of thiazole rings is 1. The van der Waals surface area contributed by atoms with Crippen LogP contribution in [0.1, 0.15) is 22.2 Å². The van der Waals surface area contributed by atoms with E-state index in [0.29, 0.717) is 11.7 Å². The van der Waals surface area contributed by atoms with E-state index in [1.165, 1.54) is 11.3 Å². The first-order valence-corrected chi connectivity index (χ1v) is 8.90. The van der Waals surface area contributed by atoms with Crippen molar-refractivity contribution in [2.45, 2.75) is 6.92 Å². The van der Waals surface area contributed by atoms with Crippen LogP contribution in [0.25, 0.3) is 23.0 Å². The van der Waals surface area contributed by atoms with Gasteiger partial charge >= 0.3 is 0 Å². The number of rotatable bonds is 4. The lowest BCUT2D eigenvalue weighted by atomic mass is 10.1. The van der Waals surface area contributed by atoms with E-state index >= 15 is 0 Å². The summed E-state index contributed by atoms with van der Waals surface area (Å²) < 4.78 is 5.52. The summed E-state index contributed by atoms with van der Waals surface area (Å²) in [4.78, 5) is 9.10. The highest BCUT2D eigenvalue weighted by atomic mass is 32.1. The molecule has 4 aromatic rings. The van der Waals surface area contributed by atoms with E-state index in [9.17, 15) is 5.11 Å². The average Bonchev–Trinajstić information content (AvgIpc) is 3.31. The standard InChI is InChI=1S/C20H15N3O2S/c1-13-12-26-20(21-13)17(11-14-5-3-2-4-6-14)19-22-18(23-25-19)15-7-9-16(24)10-8-15/h2-12,24H,1H3/b17-11+. The number of phenols is 1. The first-order chi connectivity index (χ1) is 12.7. The molecule has 0 saturated carbocycles. The smallest absolute Gasteiger partial charge is 0.261 e. The maximum atomic E-state index is 9.43. The molecule has 2 heterocycles. The van der Waals surface area contributed by atoms with Crippen LogP contribution in [0.2, 0.25) is 0 Å². The van der Waals surface area contributed by atoms with Crippen molar-refractivity contribution in [1.29, 1.82) is 0 Å². The molecule has 0 amide bonds. The molecule has 1 N–H and O–H groups in total. The quantitative estimate of drug-likeness (QED) is 0.565. The summed E-state index contributed by atoms with van der Waals surface area (Å²) in [5, 5.41) is 16.3. The summed E-state index contributed by atoms with van der Waals surface area (Å²) in [6.45, 7) is 1.95. The van der Waals surface area contributed by atoms with Crippen molar-refractivity contribution in [3.63, 3.8) is 0 Å². The van der Waals surface area contributed by atoms with Crippen LogP contribution in [0.15, 0.2) is 64.5 Å². The summed E-state index contributed by atoms with van der Waals surface area (Å²) in [6.07, 6.45) is 1.99. The Bertz CT molecular complexity index is 1050. The zero-order chi connectivity index (χ0) is 17.9. The molecule has 2 aromatic heterocycles. The fourth-order valence-electron chi connectivity index (χ4n) is 2.47. The highest BCUT2D eigenvalue weighted by Gasteiger charge is 2.17. The van der Waals surface area contributed by atoms with Crippen LogP contribution in [0.3, 0.4) is 0 Å². The molecule has 0 bridgehead atoms. The van der Waals surface area contributed by atoms with Gasteiger partial charge in [-0.15, -0.1) is 11.3 Å². The lowest BCUT2D eigenvalue weighted by Gasteiger charge is -1.99. The van der Waals surface area contributed by atoms with Gasteiger partial charge in [0.2, 0.25) is 5.82 Å². The molecule has 0 radical (unpaired) electrons. The second-order valence-corrected chi connectivity index (χ2v) is 6.59. The third kappa shape index (κ3) is 3.41. The van der Waals surface area contributed by atoms with Gasteiger partial charge in [-0.2, -0.15) is 4.98 Å². The van der Waals surface area contributed by atoms with Crippen LogP contribution in [0.4, 0.5) is 0 Å². The number of nitrogens with zero attached hydrogens (tertiary/aromatic N) is 3. The molecule has 26 heavy (non-hydrogen) atoms. The number of hydrogen-bond acceptors (Lipinski definition) is 6. The Labute approximate surface area is 154 Å². The third-order valence-corrected chi connectivity index (χ3v) is 4.74. The zero-order valence-corrected chi connectivity index (χ0v) is 14.8. The Hall–Kier alpha value is -3.25. The number of aryl methyl sites for hydroxylation is 1. The Kier molecular flexibility index (Phi) is 4.33. The zero-order valence-electron chi connectivity index (χ0n) is 14.0. The molecular weight excluding hydrogens is 346 g/mol. The van der Waals surface area contributed by atoms with E-state index in [1.807, 2.05) is 48.7 Å². The summed E-state index contributed by atoms with van der Waals surface area (Å²) in [6, 6.07) is 16.6. The van der Waals surface area contributed by atoms with Crippen LogP contribution >= 0.6 is 11.3 Å². The van der Waals surface area contributed by atoms with Crippen LogP contribution in [0, 0.1) is 6.92 Å². The molecule has 5 nitrogen and oxygen atoms in total. The highest BCUT2D eigenvalue weighted by molar-refractivity contribution is 7.11. The second kappa shape index (κ2) is 6.93. The Morgan fingerprint density at radius 2 is 1.81 bits per heavy atom. The van der Waals surface area contributed by atoms with Gasteiger partial charge in [0.15, 0.2) is 0 Å². The minimum absolute atomic E-state index is 0.195. The monoisotopic (exact) mass is 361 g/mol. The average molecular weight is 361 g/mol. The third-order valence-electron chi connectivity index (χ3n) is 3.74. The lowest BCUT2D eigenvalue weighted by Crippen LogP contribution is -1.89. The molecule has 0 aliphatic rings. The molecule has 128 valence electrons. The maximum Gasteiger partial charge on any atom is 0.261 e. The van der Waals surface area contributed by atoms with Crippen LogP contribution in [-0.4, -0.2) is 20.2 Å². The Morgan fingerprint density at radius 1 is 1.04 bits per heavy atom. The largest absolute Gasteiger partial charge is 0.508 e. The first kappa shape index (κ1) is 16.2. The van der Waals surface area contributed by atoms with Crippen molar-refractivity contribution in [1.82, 2.24) is 15.1 Å². The van der Waals surface area contributed by atoms with Gasteiger partial charge in [0.05, 0.1) is 5.57 Å². The highest BCUT2D eigenvalue weighted by Crippen LogP contribution is 2.29. The number of benzene rings is 2. The van der Waals surface area contributed by atoms with Gasteiger partial charge in [0.25, 0.3) is 5.89 Å². The van der Waals surface area contributed by atoms with Crippen molar-refractivity contribution in [3.05, 3.63) is 82.1 Å². The summed E-state index contributed by atoms with van der Waals surface area (Å²) in [7, 11) is 0. The predicted molar refractivity (Wildman–Crippen MR) is 102 cm³/mol. The van der Waals surface area contributed by atoms with Gasteiger partial charge in [-0.05, 0) is 42.8 Å². The molecule has 0 spiro atoms. The lowest BCUT2D eigenvalue weighted by molar-refractivity contribution is 0.409. The van der Waals surface area contributed by atoms with Crippen molar-refractivity contribution in [2.75, 3.05) is 0 Å². The van der Waals surface area contributed by atoms with Crippen molar-refractivity contribution < 1.29 is 9.63 Å². The summed E-state index contributed by atoms with van der Waals surface area (Å²) in [5.41, 5.74) is 3.53. The normalized spacial score (nSPS) is 11.7. The Morgan fingerprint density at radius 3 is 2.50 bits per heavy atom. The summed E-state index contributed by atoms with van der Waals surface area (Å²) >= 11 is 1.54. The molecule has 0 saturated heterocycles. The number of hydrogen-bond donors (Lipinski definition) is 1. The molecule has 4 rings (SSSR count). The van der Waals surface area contributed by atoms with Crippen molar-refractivity contribution in [3.8, 4) is 17.1 Å². The fourth-order valence-corrected chi connectivity index (χ4v) is 3.27. The molecule has 6 heteroatoms. The molecule has 2 aromatic carbocycles. The van der Waals surface area contributed by atoms with Gasteiger partial charge in [0.1, 0.15) is 10.8 Å². The SMILES string of the molecule is Cc1csc(/C(=C/c2ccccc2)c2nc(-c3ccc(O)cc3)no2)n1. The summed E-state index contributed by atoms with van der Waals surface area (Å²) in [5.74, 6) is 1.07. The minimum Gasteiger partial charge on any atom is -0.508 e. The number of aromatic nitrogens is 3. The van der Waals surface area contributed by atoms with E-state index in [-0.39, 0.29) is 5.75 Å². The molecule has 0 atom stereocenters. The van der Waals surface area contributed by atoms with Crippen LogP contribution in [-0.2, 0) is 0 Å². The fraction of sp³-hybridized carbons (Fsp3) is 0.0500. The van der Waals surface area contributed by atoms with E-state index in [4.69, 9.17) is 4.52 Å². The van der Waals surface area contributed by atoms with E-state index in [1.54, 1.807) is 24.3 Å². The van der Waals surface area contributed by atoms with Gasteiger partial charge in [-0.25, -0.2) is 4.98 Å². The molecule has 0 aliphatic heterocycles. The maximum absolute atomic E-state index is 9.43. The number of aromatic hydroxyl groups is 1. The van der Waals surface area contributed by atoms with Gasteiger partial charge in [0, 0.05) is 16.6 Å². The topological polar surface area (TPSA) is 72.0 Å². The van der Waals surface area contributed by atoms with Gasteiger partial charge < -0.3 is 9.63 Å². The van der Waals surface area contributed by atoms with Gasteiger partial charge in [-0.1, -0.05) is 35.5 Å². The van der Waals surface area contributed by atoms with Gasteiger partial charge in [-0.3, -0.25) is 0 Å². The van der Waals surface area contributed by atoms with Crippen molar-refractivity contribution >= 4 is 23.0 Å². The van der Waals surface area contributed by atoms with E-state index in [2.05, 4.69) is 15.1 Å². The molecular formula is C20H15N3O2S. The molecule has 0 aliphatic carbocycles.